The monoisotopic (exact) mass is 268 g/mol. The minimum Gasteiger partial charge on any atom is -0.381 e. The van der Waals surface area contributed by atoms with Crippen LogP contribution in [0.3, 0.4) is 0 Å². The molecule has 0 amide bonds. The quantitative estimate of drug-likeness (QED) is 0.775. The minimum absolute atomic E-state index is 0.273. The number of benzene rings is 2. The fourth-order valence-electron chi connectivity index (χ4n) is 2.09. The van der Waals surface area contributed by atoms with Gasteiger partial charge in [-0.15, -0.1) is 0 Å². The van der Waals surface area contributed by atoms with Gasteiger partial charge in [-0.1, -0.05) is 24.3 Å². The fraction of sp³-hybridized carbons (Fsp3) is 0.0667. The largest absolute Gasteiger partial charge is 0.381 e. The third-order valence-electron chi connectivity index (χ3n) is 3.11. The van der Waals surface area contributed by atoms with Gasteiger partial charge < -0.3 is 10.6 Å². The van der Waals surface area contributed by atoms with E-state index in [9.17, 15) is 4.39 Å². The number of para-hydroxylation sites is 3. The first-order chi connectivity index (χ1) is 9.66. The Morgan fingerprint density at radius 1 is 0.950 bits per heavy atom. The minimum atomic E-state index is -0.329. The van der Waals surface area contributed by atoms with E-state index in [4.69, 9.17) is 5.73 Å². The summed E-state index contributed by atoms with van der Waals surface area (Å²) in [5.74, 6) is 0.382. The van der Waals surface area contributed by atoms with E-state index in [1.807, 2.05) is 24.3 Å². The van der Waals surface area contributed by atoms with E-state index in [0.717, 1.165) is 11.0 Å². The van der Waals surface area contributed by atoms with Crippen LogP contribution in [0.2, 0.25) is 0 Å². The highest BCUT2D eigenvalue weighted by atomic mass is 19.1. The van der Waals surface area contributed by atoms with Crippen LogP contribution in [0.5, 0.6) is 0 Å². The maximum atomic E-state index is 13.8. The highest BCUT2D eigenvalue weighted by Crippen LogP contribution is 2.29. The molecule has 0 unspecified atom stereocenters. The summed E-state index contributed by atoms with van der Waals surface area (Å²) in [5.41, 5.74) is 7.78. The molecule has 0 aliphatic rings. The maximum Gasteiger partial charge on any atom is 0.176 e. The first kappa shape index (κ1) is 12.3. The molecule has 100 valence electrons. The van der Waals surface area contributed by atoms with E-state index < -0.39 is 0 Å². The SMILES string of the molecule is CN(c1ccccc1F)c1nc2ccccc2nc1N. The molecule has 0 atom stereocenters. The molecule has 1 heterocycles. The van der Waals surface area contributed by atoms with Gasteiger partial charge in [0.05, 0.1) is 16.7 Å². The molecule has 0 aliphatic heterocycles. The lowest BCUT2D eigenvalue weighted by atomic mass is 10.2. The summed E-state index contributed by atoms with van der Waals surface area (Å²) in [6.45, 7) is 0. The number of nitrogens with two attached hydrogens (primary N) is 1. The second-order valence-electron chi connectivity index (χ2n) is 4.43. The Kier molecular flexibility index (Phi) is 2.95. The lowest BCUT2D eigenvalue weighted by Gasteiger charge is -2.20. The first-order valence-corrected chi connectivity index (χ1v) is 6.17. The third-order valence-corrected chi connectivity index (χ3v) is 3.11. The number of hydrogen-bond donors (Lipinski definition) is 1. The van der Waals surface area contributed by atoms with Gasteiger partial charge in [0.2, 0.25) is 0 Å². The number of nitrogen functional groups attached to an aromatic ring is 1. The van der Waals surface area contributed by atoms with E-state index in [1.165, 1.54) is 6.07 Å². The van der Waals surface area contributed by atoms with Crippen molar-refractivity contribution in [2.24, 2.45) is 0 Å². The van der Waals surface area contributed by atoms with Crippen LogP contribution in [0.1, 0.15) is 0 Å². The lowest BCUT2D eigenvalue weighted by molar-refractivity contribution is 0.627. The van der Waals surface area contributed by atoms with Crippen LogP contribution in [0, 0.1) is 5.82 Å². The number of nitrogens with zero attached hydrogens (tertiary/aromatic N) is 3. The molecular weight excluding hydrogens is 255 g/mol. The predicted octanol–water partition coefficient (Wildman–Crippen LogP) is 3.12. The van der Waals surface area contributed by atoms with Crippen LogP contribution in [-0.2, 0) is 0 Å². The van der Waals surface area contributed by atoms with Crippen molar-refractivity contribution in [3.8, 4) is 0 Å². The van der Waals surface area contributed by atoms with Crippen LogP contribution in [0.25, 0.3) is 11.0 Å². The molecule has 0 saturated carbocycles. The van der Waals surface area contributed by atoms with Crippen LogP contribution >= 0.6 is 0 Å². The second kappa shape index (κ2) is 4.77. The van der Waals surface area contributed by atoms with Crippen molar-refractivity contribution in [3.63, 3.8) is 0 Å². The molecule has 3 rings (SSSR count). The van der Waals surface area contributed by atoms with Crippen molar-refractivity contribution in [2.45, 2.75) is 0 Å². The number of anilines is 3. The Morgan fingerprint density at radius 3 is 2.25 bits per heavy atom. The zero-order valence-corrected chi connectivity index (χ0v) is 10.9. The molecular formula is C15H13FN4. The number of aromatic nitrogens is 2. The zero-order chi connectivity index (χ0) is 14.1. The molecule has 0 spiro atoms. The summed E-state index contributed by atoms with van der Waals surface area (Å²) < 4.78 is 13.8. The Bertz CT molecular complexity index is 773. The first-order valence-electron chi connectivity index (χ1n) is 6.17. The predicted molar refractivity (Wildman–Crippen MR) is 78.4 cm³/mol. The van der Waals surface area contributed by atoms with E-state index >= 15 is 0 Å². The molecule has 4 nitrogen and oxygen atoms in total. The summed E-state index contributed by atoms with van der Waals surface area (Å²) in [5, 5.41) is 0. The second-order valence-corrected chi connectivity index (χ2v) is 4.43. The van der Waals surface area contributed by atoms with E-state index in [-0.39, 0.29) is 11.6 Å². The number of hydrogen-bond acceptors (Lipinski definition) is 4. The Morgan fingerprint density at radius 2 is 1.55 bits per heavy atom. The van der Waals surface area contributed by atoms with Gasteiger partial charge in [0, 0.05) is 7.05 Å². The highest BCUT2D eigenvalue weighted by molar-refractivity contribution is 5.81. The van der Waals surface area contributed by atoms with Gasteiger partial charge in [0.15, 0.2) is 11.6 Å². The van der Waals surface area contributed by atoms with Gasteiger partial charge in [0.25, 0.3) is 0 Å². The van der Waals surface area contributed by atoms with Gasteiger partial charge in [0.1, 0.15) is 5.82 Å². The van der Waals surface area contributed by atoms with Crippen molar-refractivity contribution in [1.82, 2.24) is 9.97 Å². The highest BCUT2D eigenvalue weighted by Gasteiger charge is 2.14. The molecule has 5 heteroatoms. The fourth-order valence-corrected chi connectivity index (χ4v) is 2.09. The van der Waals surface area contributed by atoms with Crippen molar-refractivity contribution >= 4 is 28.4 Å². The van der Waals surface area contributed by atoms with Gasteiger partial charge in [-0.25, -0.2) is 14.4 Å². The molecule has 0 aliphatic carbocycles. The van der Waals surface area contributed by atoms with Crippen molar-refractivity contribution in [3.05, 3.63) is 54.3 Å². The molecule has 2 N–H and O–H groups in total. The topological polar surface area (TPSA) is 55.0 Å². The molecule has 20 heavy (non-hydrogen) atoms. The van der Waals surface area contributed by atoms with E-state index in [2.05, 4.69) is 9.97 Å². The van der Waals surface area contributed by atoms with Crippen molar-refractivity contribution in [2.75, 3.05) is 17.7 Å². The van der Waals surface area contributed by atoms with E-state index in [1.54, 1.807) is 30.1 Å². The van der Waals surface area contributed by atoms with Gasteiger partial charge in [-0.2, -0.15) is 0 Å². The average Bonchev–Trinajstić information content (AvgIpc) is 2.46. The molecule has 1 aromatic heterocycles. The smallest absolute Gasteiger partial charge is 0.176 e. The van der Waals surface area contributed by atoms with Crippen LogP contribution in [-0.4, -0.2) is 17.0 Å². The number of fused-ring (bicyclic) bond motifs is 1. The van der Waals surface area contributed by atoms with Gasteiger partial charge in [-0.3, -0.25) is 0 Å². The Hall–Kier alpha value is -2.69. The lowest BCUT2D eigenvalue weighted by Crippen LogP contribution is -2.15. The van der Waals surface area contributed by atoms with Crippen molar-refractivity contribution < 1.29 is 4.39 Å². The molecule has 0 bridgehead atoms. The average molecular weight is 268 g/mol. The van der Waals surface area contributed by atoms with Crippen LogP contribution in [0.15, 0.2) is 48.5 Å². The molecule has 2 aromatic carbocycles. The summed E-state index contributed by atoms with van der Waals surface area (Å²) >= 11 is 0. The molecule has 0 saturated heterocycles. The molecule has 0 radical (unpaired) electrons. The van der Waals surface area contributed by atoms with Crippen LogP contribution in [0.4, 0.5) is 21.7 Å². The Labute approximate surface area is 115 Å². The standard InChI is InChI=1S/C15H13FN4/c1-20(13-9-5-2-6-10(13)16)15-14(17)18-11-7-3-4-8-12(11)19-15/h2-9H,1H3,(H2,17,18). The van der Waals surface area contributed by atoms with Gasteiger partial charge in [-0.05, 0) is 24.3 Å². The van der Waals surface area contributed by atoms with Gasteiger partial charge >= 0.3 is 0 Å². The maximum absolute atomic E-state index is 13.8. The normalized spacial score (nSPS) is 10.7. The number of rotatable bonds is 2. The zero-order valence-electron chi connectivity index (χ0n) is 10.9. The molecule has 0 fully saturated rings. The summed E-state index contributed by atoms with van der Waals surface area (Å²) in [6.07, 6.45) is 0. The third kappa shape index (κ3) is 2.03. The number of halogens is 1. The van der Waals surface area contributed by atoms with E-state index in [0.29, 0.717) is 11.5 Å². The molecule has 3 aromatic rings. The van der Waals surface area contributed by atoms with Crippen LogP contribution < -0.4 is 10.6 Å². The summed E-state index contributed by atoms with van der Waals surface area (Å²) in [7, 11) is 1.72. The summed E-state index contributed by atoms with van der Waals surface area (Å²) in [4.78, 5) is 10.4. The Balaban J connectivity index is 2.14. The van der Waals surface area contributed by atoms with Crippen molar-refractivity contribution in [1.29, 1.82) is 0 Å². The summed E-state index contributed by atoms with van der Waals surface area (Å²) in [6, 6.07) is 13.9.